The molecule has 110 valence electrons. The second kappa shape index (κ2) is 7.07. The number of hydrogen-bond acceptors (Lipinski definition) is 3. The molecule has 2 atom stereocenters. The van der Waals surface area contributed by atoms with E-state index in [4.69, 9.17) is 21.4 Å². The number of benzene rings is 1. The summed E-state index contributed by atoms with van der Waals surface area (Å²) in [6.07, 6.45) is 0.833. The van der Waals surface area contributed by atoms with Crippen LogP contribution in [-0.4, -0.2) is 41.7 Å². The summed E-state index contributed by atoms with van der Waals surface area (Å²) in [5.74, 6) is -0.742. The second-order valence-corrected chi connectivity index (χ2v) is 5.59. The fraction of sp³-hybridized carbons (Fsp3) is 0.533. The molecule has 1 N–H and O–H groups in total. The van der Waals surface area contributed by atoms with Gasteiger partial charge in [-0.05, 0) is 26.0 Å². The Balaban J connectivity index is 1.97. The summed E-state index contributed by atoms with van der Waals surface area (Å²) >= 11 is 6.21. The summed E-state index contributed by atoms with van der Waals surface area (Å²) in [5, 5.41) is 9.43. The lowest BCUT2D eigenvalue weighted by Crippen LogP contribution is -2.45. The minimum atomic E-state index is -0.742. The lowest BCUT2D eigenvalue weighted by molar-refractivity contribution is -0.137. The van der Waals surface area contributed by atoms with Crippen LogP contribution < -0.4 is 0 Å². The molecule has 1 fully saturated rings. The summed E-state index contributed by atoms with van der Waals surface area (Å²) in [5.41, 5.74) is 1.00. The first-order chi connectivity index (χ1) is 9.58. The highest BCUT2D eigenvalue weighted by Gasteiger charge is 2.27. The van der Waals surface area contributed by atoms with Gasteiger partial charge in [-0.15, -0.1) is 0 Å². The van der Waals surface area contributed by atoms with Gasteiger partial charge in [-0.2, -0.15) is 0 Å². The Morgan fingerprint density at radius 2 is 2.25 bits per heavy atom. The van der Waals surface area contributed by atoms with Gasteiger partial charge in [0.15, 0.2) is 0 Å². The van der Waals surface area contributed by atoms with Crippen LogP contribution in [0.3, 0.4) is 0 Å². The SMILES string of the molecule is C[C@H]1CO[C@@H](c2ccccc2Cl)CN1CCCC(=O)O. The van der Waals surface area contributed by atoms with Gasteiger partial charge in [0, 0.05) is 29.6 Å². The number of nitrogens with zero attached hydrogens (tertiary/aromatic N) is 1. The first-order valence-corrected chi connectivity index (χ1v) is 7.27. The molecule has 0 saturated carbocycles. The highest BCUT2D eigenvalue weighted by atomic mass is 35.5. The standard InChI is InChI=1S/C15H20ClNO3/c1-11-10-20-14(12-5-2-3-6-13(12)16)9-17(11)8-4-7-15(18)19/h2-3,5-6,11,14H,4,7-10H2,1H3,(H,18,19)/t11-,14+/m0/s1. The maximum atomic E-state index is 10.6. The van der Waals surface area contributed by atoms with Crippen molar-refractivity contribution in [2.45, 2.75) is 31.9 Å². The number of rotatable bonds is 5. The average Bonchev–Trinajstić information content (AvgIpc) is 2.41. The van der Waals surface area contributed by atoms with E-state index in [1.807, 2.05) is 24.3 Å². The van der Waals surface area contributed by atoms with E-state index < -0.39 is 5.97 Å². The Labute approximate surface area is 124 Å². The largest absolute Gasteiger partial charge is 0.481 e. The lowest BCUT2D eigenvalue weighted by atomic mass is 10.1. The van der Waals surface area contributed by atoms with Gasteiger partial charge in [0.2, 0.25) is 0 Å². The molecule has 2 rings (SSSR count). The molecule has 1 aromatic rings. The second-order valence-electron chi connectivity index (χ2n) is 5.18. The van der Waals surface area contributed by atoms with Gasteiger partial charge < -0.3 is 9.84 Å². The third-order valence-corrected chi connectivity index (χ3v) is 3.99. The molecule has 1 heterocycles. The fourth-order valence-corrected chi connectivity index (χ4v) is 2.73. The van der Waals surface area contributed by atoms with Crippen LogP contribution >= 0.6 is 11.6 Å². The first kappa shape index (κ1) is 15.3. The number of morpholine rings is 1. The molecule has 1 saturated heterocycles. The van der Waals surface area contributed by atoms with E-state index in [1.165, 1.54) is 0 Å². The van der Waals surface area contributed by atoms with Gasteiger partial charge in [0.25, 0.3) is 0 Å². The summed E-state index contributed by atoms with van der Waals surface area (Å²) < 4.78 is 5.87. The molecule has 0 spiro atoms. The molecule has 20 heavy (non-hydrogen) atoms. The maximum absolute atomic E-state index is 10.6. The van der Waals surface area contributed by atoms with E-state index in [0.29, 0.717) is 19.1 Å². The van der Waals surface area contributed by atoms with Crippen molar-refractivity contribution in [3.05, 3.63) is 34.9 Å². The van der Waals surface area contributed by atoms with Crippen molar-refractivity contribution < 1.29 is 14.6 Å². The zero-order chi connectivity index (χ0) is 14.5. The maximum Gasteiger partial charge on any atom is 0.303 e. The predicted octanol–water partition coefficient (Wildman–Crippen LogP) is 2.97. The average molecular weight is 298 g/mol. The van der Waals surface area contributed by atoms with Gasteiger partial charge >= 0.3 is 5.97 Å². The molecule has 1 aliphatic heterocycles. The van der Waals surface area contributed by atoms with Crippen molar-refractivity contribution in [1.29, 1.82) is 0 Å². The highest BCUT2D eigenvalue weighted by Crippen LogP contribution is 2.29. The van der Waals surface area contributed by atoms with Crippen molar-refractivity contribution >= 4 is 17.6 Å². The Hall–Kier alpha value is -1.10. The van der Waals surface area contributed by atoms with E-state index in [9.17, 15) is 4.79 Å². The molecule has 4 nitrogen and oxygen atoms in total. The molecule has 5 heteroatoms. The highest BCUT2D eigenvalue weighted by molar-refractivity contribution is 6.31. The van der Waals surface area contributed by atoms with Crippen molar-refractivity contribution in [3.63, 3.8) is 0 Å². The van der Waals surface area contributed by atoms with Crippen LogP contribution in [-0.2, 0) is 9.53 Å². The van der Waals surface area contributed by atoms with E-state index >= 15 is 0 Å². The molecular weight excluding hydrogens is 278 g/mol. The van der Waals surface area contributed by atoms with Crippen molar-refractivity contribution in [2.75, 3.05) is 19.7 Å². The summed E-state index contributed by atoms with van der Waals surface area (Å²) in [4.78, 5) is 12.9. The van der Waals surface area contributed by atoms with Crippen LogP contribution in [0.1, 0.15) is 31.4 Å². The number of carbonyl (C=O) groups is 1. The molecule has 0 bridgehead atoms. The Bertz CT molecular complexity index is 466. The molecule has 0 unspecified atom stereocenters. The number of hydrogen-bond donors (Lipinski definition) is 1. The third-order valence-electron chi connectivity index (χ3n) is 3.65. The van der Waals surface area contributed by atoms with Crippen LogP contribution in [0.4, 0.5) is 0 Å². The molecule has 1 aromatic carbocycles. The zero-order valence-corrected chi connectivity index (χ0v) is 12.3. The number of carboxylic acid groups (broad SMARTS) is 1. The summed E-state index contributed by atoms with van der Waals surface area (Å²) in [7, 11) is 0. The van der Waals surface area contributed by atoms with E-state index in [0.717, 1.165) is 23.7 Å². The molecule has 0 radical (unpaired) electrons. The lowest BCUT2D eigenvalue weighted by Gasteiger charge is -2.38. The zero-order valence-electron chi connectivity index (χ0n) is 11.6. The molecule has 0 aromatic heterocycles. The number of aliphatic carboxylic acids is 1. The van der Waals surface area contributed by atoms with E-state index in [-0.39, 0.29) is 12.5 Å². The van der Waals surface area contributed by atoms with Crippen LogP contribution in [0.25, 0.3) is 0 Å². The number of ether oxygens (including phenoxy) is 1. The Kier molecular flexibility index (Phi) is 5.40. The van der Waals surface area contributed by atoms with Crippen LogP contribution in [0.2, 0.25) is 5.02 Å². The predicted molar refractivity (Wildman–Crippen MR) is 78.0 cm³/mol. The molecule has 0 amide bonds. The fourth-order valence-electron chi connectivity index (χ4n) is 2.48. The Morgan fingerprint density at radius 1 is 1.50 bits per heavy atom. The first-order valence-electron chi connectivity index (χ1n) is 6.90. The normalized spacial score (nSPS) is 23.7. The summed E-state index contributed by atoms with van der Waals surface area (Å²) in [6.45, 7) is 4.27. The number of carboxylic acids is 1. The third kappa shape index (κ3) is 3.95. The monoisotopic (exact) mass is 297 g/mol. The van der Waals surface area contributed by atoms with Gasteiger partial charge in [0.1, 0.15) is 0 Å². The van der Waals surface area contributed by atoms with Crippen molar-refractivity contribution in [3.8, 4) is 0 Å². The minimum absolute atomic E-state index is 0.0373. The quantitative estimate of drug-likeness (QED) is 0.908. The molecular formula is C15H20ClNO3. The van der Waals surface area contributed by atoms with Crippen LogP contribution in [0.5, 0.6) is 0 Å². The van der Waals surface area contributed by atoms with E-state index in [1.54, 1.807) is 0 Å². The van der Waals surface area contributed by atoms with E-state index in [2.05, 4.69) is 11.8 Å². The van der Waals surface area contributed by atoms with Gasteiger partial charge in [-0.1, -0.05) is 29.8 Å². The van der Waals surface area contributed by atoms with Crippen molar-refractivity contribution in [1.82, 2.24) is 4.90 Å². The van der Waals surface area contributed by atoms with Gasteiger partial charge in [-0.3, -0.25) is 9.69 Å². The minimum Gasteiger partial charge on any atom is -0.481 e. The summed E-state index contributed by atoms with van der Waals surface area (Å²) in [6, 6.07) is 8.02. The Morgan fingerprint density at radius 3 is 2.95 bits per heavy atom. The van der Waals surface area contributed by atoms with Gasteiger partial charge in [0.05, 0.1) is 12.7 Å². The van der Waals surface area contributed by atoms with Crippen LogP contribution in [0, 0.1) is 0 Å². The van der Waals surface area contributed by atoms with Crippen molar-refractivity contribution in [2.24, 2.45) is 0 Å². The van der Waals surface area contributed by atoms with Gasteiger partial charge in [-0.25, -0.2) is 0 Å². The number of halogens is 1. The topological polar surface area (TPSA) is 49.8 Å². The molecule has 0 aliphatic carbocycles. The smallest absolute Gasteiger partial charge is 0.303 e. The molecule has 1 aliphatic rings. The van der Waals surface area contributed by atoms with Crippen LogP contribution in [0.15, 0.2) is 24.3 Å².